The van der Waals surface area contributed by atoms with Crippen molar-refractivity contribution < 1.29 is 28.5 Å². The Bertz CT molecular complexity index is 678. The number of hydrogen-bond donors (Lipinski definition) is 0. The van der Waals surface area contributed by atoms with Crippen LogP contribution in [0.5, 0.6) is 0 Å². The number of amides is 1. The number of carbonyl (C=O) groups excluding carboxylic acids is 1. The summed E-state index contributed by atoms with van der Waals surface area (Å²) in [5.74, 6) is 0. The summed E-state index contributed by atoms with van der Waals surface area (Å²) in [4.78, 5) is 13.9. The average Bonchev–Trinajstić information content (AvgIpc) is 2.76. The van der Waals surface area contributed by atoms with E-state index in [4.69, 9.17) is 23.7 Å². The third-order valence-electron chi connectivity index (χ3n) is 5.84. The first-order chi connectivity index (χ1) is 15.9. The van der Waals surface area contributed by atoms with Crippen LogP contribution in [0.2, 0.25) is 0 Å². The van der Waals surface area contributed by atoms with Crippen LogP contribution in [0.3, 0.4) is 0 Å². The van der Waals surface area contributed by atoms with Crippen LogP contribution in [0.25, 0.3) is 0 Å². The van der Waals surface area contributed by atoms with Gasteiger partial charge in [0.05, 0.1) is 38.1 Å². The van der Waals surface area contributed by atoms with Gasteiger partial charge in [-0.2, -0.15) is 0 Å². The average molecular weight is 464 g/mol. The molecule has 1 heterocycles. The molecule has 7 nitrogen and oxygen atoms in total. The summed E-state index contributed by atoms with van der Waals surface area (Å²) in [7, 11) is 0. The van der Waals surface area contributed by atoms with Gasteiger partial charge in [0.1, 0.15) is 5.60 Å². The fourth-order valence-electron chi connectivity index (χ4n) is 3.90. The number of hydrogen-bond acceptors (Lipinski definition) is 6. The van der Waals surface area contributed by atoms with Gasteiger partial charge >= 0.3 is 6.09 Å². The van der Waals surface area contributed by atoms with Gasteiger partial charge in [0.25, 0.3) is 0 Å². The maximum absolute atomic E-state index is 12.1. The predicted molar refractivity (Wildman–Crippen MR) is 126 cm³/mol. The Labute approximate surface area is 198 Å². The smallest absolute Gasteiger partial charge is 0.410 e. The van der Waals surface area contributed by atoms with Crippen molar-refractivity contribution in [3.8, 4) is 0 Å². The van der Waals surface area contributed by atoms with Crippen molar-refractivity contribution in [3.05, 3.63) is 35.9 Å². The lowest BCUT2D eigenvalue weighted by atomic mass is 9.92. The topological polar surface area (TPSA) is 66.5 Å². The molecule has 1 aliphatic carbocycles. The van der Waals surface area contributed by atoms with Crippen molar-refractivity contribution in [1.82, 2.24) is 4.90 Å². The van der Waals surface area contributed by atoms with Gasteiger partial charge in [-0.05, 0) is 58.4 Å². The largest absolute Gasteiger partial charge is 0.444 e. The number of ether oxygens (including phenoxy) is 5. The molecule has 0 radical (unpaired) electrons. The maximum atomic E-state index is 12.1. The van der Waals surface area contributed by atoms with Crippen molar-refractivity contribution in [1.29, 1.82) is 0 Å². The molecule has 1 aromatic rings. The molecule has 33 heavy (non-hydrogen) atoms. The van der Waals surface area contributed by atoms with Crippen LogP contribution < -0.4 is 0 Å². The van der Waals surface area contributed by atoms with Crippen molar-refractivity contribution in [2.24, 2.45) is 0 Å². The second-order valence-corrected chi connectivity index (χ2v) is 9.89. The molecule has 0 bridgehead atoms. The van der Waals surface area contributed by atoms with E-state index < -0.39 is 5.60 Å². The van der Waals surface area contributed by atoms with Crippen molar-refractivity contribution in [2.45, 2.75) is 83.4 Å². The Hall–Kier alpha value is -1.67. The highest BCUT2D eigenvalue weighted by Gasteiger charge is 2.30. The van der Waals surface area contributed by atoms with E-state index in [1.54, 1.807) is 4.90 Å². The summed E-state index contributed by atoms with van der Waals surface area (Å²) in [6, 6.07) is 10.3. The van der Waals surface area contributed by atoms with E-state index in [1.807, 2.05) is 39.0 Å². The third-order valence-corrected chi connectivity index (χ3v) is 5.84. The molecule has 1 saturated carbocycles. The van der Waals surface area contributed by atoms with E-state index in [1.165, 1.54) is 5.56 Å². The fraction of sp³-hybridized carbons (Fsp3) is 0.731. The SMILES string of the molecule is CC(C)(C)OC(=O)N1CCC(OCCOCCCOC2CC(OCc3ccccc3)C2)CC1. The zero-order valence-electron chi connectivity index (χ0n) is 20.5. The number of rotatable bonds is 12. The minimum Gasteiger partial charge on any atom is -0.444 e. The lowest BCUT2D eigenvalue weighted by Crippen LogP contribution is -2.43. The summed E-state index contributed by atoms with van der Waals surface area (Å²) in [6.45, 7) is 10.3. The monoisotopic (exact) mass is 463 g/mol. The molecule has 1 amide bonds. The van der Waals surface area contributed by atoms with E-state index in [0.717, 1.165) is 38.7 Å². The Kier molecular flexibility index (Phi) is 10.4. The maximum Gasteiger partial charge on any atom is 0.410 e. The molecule has 3 rings (SSSR count). The Morgan fingerprint density at radius 2 is 1.55 bits per heavy atom. The molecule has 7 heteroatoms. The number of benzene rings is 1. The van der Waals surface area contributed by atoms with Gasteiger partial charge in [-0.3, -0.25) is 0 Å². The lowest BCUT2D eigenvalue weighted by Gasteiger charge is -2.35. The molecular formula is C26H41NO6. The second-order valence-electron chi connectivity index (χ2n) is 9.89. The molecule has 1 aromatic carbocycles. The van der Waals surface area contributed by atoms with Crippen LogP contribution in [0, 0.1) is 0 Å². The van der Waals surface area contributed by atoms with E-state index in [0.29, 0.717) is 51.7 Å². The standard InChI is InChI=1S/C26H41NO6/c1-26(2,3)33-25(28)27-12-10-22(11-13-27)31-17-16-29-14-7-15-30-23-18-24(19-23)32-20-21-8-5-4-6-9-21/h4-6,8-9,22-24H,7,10-20H2,1-3H3. The van der Waals surface area contributed by atoms with Crippen LogP contribution in [-0.4, -0.2) is 74.4 Å². The van der Waals surface area contributed by atoms with E-state index in [-0.39, 0.29) is 12.2 Å². The van der Waals surface area contributed by atoms with E-state index >= 15 is 0 Å². The van der Waals surface area contributed by atoms with Crippen LogP contribution in [-0.2, 0) is 30.3 Å². The quantitative estimate of drug-likeness (QED) is 0.423. The molecule has 0 aromatic heterocycles. The normalized spacial score (nSPS) is 21.6. The van der Waals surface area contributed by atoms with E-state index in [9.17, 15) is 4.79 Å². The third kappa shape index (κ3) is 10.0. The van der Waals surface area contributed by atoms with Gasteiger partial charge in [-0.15, -0.1) is 0 Å². The molecule has 2 aliphatic rings. The minimum atomic E-state index is -0.454. The van der Waals surface area contributed by atoms with Gasteiger partial charge in [-0.1, -0.05) is 30.3 Å². The number of piperidine rings is 1. The Morgan fingerprint density at radius 3 is 2.24 bits per heavy atom. The first kappa shape index (κ1) is 25.9. The van der Waals surface area contributed by atoms with Crippen molar-refractivity contribution in [2.75, 3.05) is 39.5 Å². The molecule has 186 valence electrons. The molecular weight excluding hydrogens is 422 g/mol. The highest BCUT2D eigenvalue weighted by molar-refractivity contribution is 5.68. The molecule has 0 N–H and O–H groups in total. The zero-order chi connectivity index (χ0) is 23.5. The van der Waals surface area contributed by atoms with Crippen LogP contribution >= 0.6 is 0 Å². The highest BCUT2D eigenvalue weighted by atomic mass is 16.6. The second kappa shape index (κ2) is 13.3. The van der Waals surface area contributed by atoms with Crippen LogP contribution in [0.4, 0.5) is 4.79 Å². The first-order valence-corrected chi connectivity index (χ1v) is 12.3. The van der Waals surface area contributed by atoms with Gasteiger partial charge in [0.15, 0.2) is 0 Å². The molecule has 0 spiro atoms. The summed E-state index contributed by atoms with van der Waals surface area (Å²) in [5.41, 5.74) is 0.763. The molecule has 0 atom stereocenters. The minimum absolute atomic E-state index is 0.186. The van der Waals surface area contributed by atoms with Gasteiger partial charge in [0.2, 0.25) is 0 Å². The van der Waals surface area contributed by atoms with Crippen molar-refractivity contribution >= 4 is 6.09 Å². The Morgan fingerprint density at radius 1 is 0.879 bits per heavy atom. The zero-order valence-corrected chi connectivity index (χ0v) is 20.5. The molecule has 2 fully saturated rings. The van der Waals surface area contributed by atoms with Crippen LogP contribution in [0.1, 0.15) is 58.4 Å². The summed E-state index contributed by atoms with van der Waals surface area (Å²) >= 11 is 0. The Balaban J connectivity index is 1.10. The number of likely N-dealkylation sites (tertiary alicyclic amines) is 1. The highest BCUT2D eigenvalue weighted by Crippen LogP contribution is 2.27. The van der Waals surface area contributed by atoms with Gasteiger partial charge < -0.3 is 28.6 Å². The number of carbonyl (C=O) groups is 1. The lowest BCUT2D eigenvalue weighted by molar-refractivity contribution is -0.109. The number of nitrogens with zero attached hydrogens (tertiary/aromatic N) is 1. The molecule has 1 saturated heterocycles. The van der Waals surface area contributed by atoms with Crippen molar-refractivity contribution in [3.63, 3.8) is 0 Å². The summed E-state index contributed by atoms with van der Waals surface area (Å²) in [6.07, 6.45) is 5.12. The van der Waals surface area contributed by atoms with E-state index in [2.05, 4.69) is 12.1 Å². The van der Waals surface area contributed by atoms with Crippen LogP contribution in [0.15, 0.2) is 30.3 Å². The summed E-state index contributed by atoms with van der Waals surface area (Å²) in [5, 5.41) is 0. The predicted octanol–water partition coefficient (Wildman–Crippen LogP) is 4.57. The molecule has 1 aliphatic heterocycles. The van der Waals surface area contributed by atoms with Gasteiger partial charge in [0, 0.05) is 26.3 Å². The molecule has 0 unspecified atom stereocenters. The van der Waals surface area contributed by atoms with Gasteiger partial charge in [-0.25, -0.2) is 4.79 Å². The fourth-order valence-corrected chi connectivity index (χ4v) is 3.90. The first-order valence-electron chi connectivity index (χ1n) is 12.3. The summed E-state index contributed by atoms with van der Waals surface area (Å²) < 4.78 is 28.8.